The fourth-order valence-electron chi connectivity index (χ4n) is 0.940. The minimum absolute atomic E-state index is 0.00376. The van der Waals surface area contributed by atoms with Gasteiger partial charge in [0.25, 0.3) is 0 Å². The Kier molecular flexibility index (Phi) is 4.72. The van der Waals surface area contributed by atoms with Gasteiger partial charge in [0.15, 0.2) is 0 Å². The van der Waals surface area contributed by atoms with Crippen LogP contribution in [0.2, 0.25) is 0 Å². The maximum Gasteiger partial charge on any atom is 0.223 e. The third-order valence-electron chi connectivity index (χ3n) is 1.70. The average molecular weight is 305 g/mol. The molecule has 0 saturated carbocycles. The molecule has 1 rings (SSSR count). The van der Waals surface area contributed by atoms with E-state index in [0.29, 0.717) is 13.0 Å². The topological polar surface area (TPSA) is 38.3 Å². The summed E-state index contributed by atoms with van der Waals surface area (Å²) in [5, 5.41) is 2.55. The number of benzene rings is 1. The Morgan fingerprint density at radius 3 is 2.86 bits per heavy atom. The van der Waals surface area contributed by atoms with Gasteiger partial charge in [-0.1, -0.05) is 12.1 Å². The Morgan fingerprint density at radius 1 is 1.50 bits per heavy atom. The first kappa shape index (κ1) is 11.3. The van der Waals surface area contributed by atoms with Crippen molar-refractivity contribution in [3.63, 3.8) is 0 Å². The normalized spacial score (nSPS) is 9.57. The average Bonchev–Trinajstić information content (AvgIpc) is 2.20. The van der Waals surface area contributed by atoms with E-state index in [9.17, 15) is 4.79 Å². The van der Waals surface area contributed by atoms with E-state index in [1.807, 2.05) is 24.3 Å². The summed E-state index contributed by atoms with van der Waals surface area (Å²) in [5.74, 6) is 0.827. The molecule has 0 spiro atoms. The lowest BCUT2D eigenvalue weighted by molar-refractivity contribution is -0.121. The van der Waals surface area contributed by atoms with Crippen molar-refractivity contribution in [2.24, 2.45) is 0 Å². The summed E-state index contributed by atoms with van der Waals surface area (Å²) in [4.78, 5) is 10.9. The number of ether oxygens (including phenoxy) is 1. The van der Waals surface area contributed by atoms with Crippen molar-refractivity contribution >= 4 is 28.5 Å². The van der Waals surface area contributed by atoms with Crippen LogP contribution in [-0.4, -0.2) is 19.6 Å². The Morgan fingerprint density at radius 2 is 2.21 bits per heavy atom. The lowest BCUT2D eigenvalue weighted by Gasteiger charge is -2.06. The fraction of sp³-hybridized carbons (Fsp3) is 0.300. The van der Waals surface area contributed by atoms with Gasteiger partial charge in [-0.05, 0) is 34.7 Å². The van der Waals surface area contributed by atoms with Crippen molar-refractivity contribution in [1.82, 2.24) is 5.32 Å². The summed E-state index contributed by atoms with van der Waals surface area (Å²) >= 11 is 2.20. The molecule has 3 nitrogen and oxygen atoms in total. The van der Waals surface area contributed by atoms with Gasteiger partial charge in [-0.15, -0.1) is 0 Å². The first-order valence-corrected chi connectivity index (χ1v) is 5.40. The molecule has 0 heterocycles. The predicted molar refractivity (Wildman–Crippen MR) is 63.3 cm³/mol. The Hall–Kier alpha value is -0.780. The molecular weight excluding hydrogens is 293 g/mol. The summed E-state index contributed by atoms with van der Waals surface area (Å²) in [6.45, 7) is 0.416. The van der Waals surface area contributed by atoms with Crippen molar-refractivity contribution in [2.45, 2.75) is 6.42 Å². The number of nitrogens with one attached hydrogen (secondary N) is 1. The second kappa shape index (κ2) is 5.85. The SMILES string of the molecule is CNC(=O)CCOc1ccccc1I. The van der Waals surface area contributed by atoms with Gasteiger partial charge in [0.2, 0.25) is 5.91 Å². The molecule has 1 amide bonds. The van der Waals surface area contributed by atoms with Crippen LogP contribution in [0, 0.1) is 3.57 Å². The molecule has 0 bridgehead atoms. The first-order chi connectivity index (χ1) is 6.74. The number of para-hydroxylation sites is 1. The van der Waals surface area contributed by atoms with E-state index >= 15 is 0 Å². The minimum atomic E-state index is -0.00376. The van der Waals surface area contributed by atoms with Crippen molar-refractivity contribution in [3.8, 4) is 5.75 Å². The standard InChI is InChI=1S/C10H12INO2/c1-12-10(13)6-7-14-9-5-3-2-4-8(9)11/h2-5H,6-7H2,1H3,(H,12,13). The van der Waals surface area contributed by atoms with Crippen LogP contribution in [0.3, 0.4) is 0 Å². The van der Waals surface area contributed by atoms with Gasteiger partial charge in [-0.2, -0.15) is 0 Å². The number of amides is 1. The molecule has 76 valence electrons. The molecule has 0 radical (unpaired) electrons. The second-order valence-electron chi connectivity index (χ2n) is 2.70. The number of hydrogen-bond acceptors (Lipinski definition) is 2. The van der Waals surface area contributed by atoms with Gasteiger partial charge in [0.05, 0.1) is 16.6 Å². The van der Waals surface area contributed by atoms with Crippen LogP contribution < -0.4 is 10.1 Å². The van der Waals surface area contributed by atoms with Gasteiger partial charge >= 0.3 is 0 Å². The number of carbonyl (C=O) groups excluding carboxylic acids is 1. The van der Waals surface area contributed by atoms with Crippen molar-refractivity contribution in [1.29, 1.82) is 0 Å². The molecule has 1 aromatic carbocycles. The third-order valence-corrected chi connectivity index (χ3v) is 2.59. The Bertz CT molecular complexity index is 315. The van der Waals surface area contributed by atoms with E-state index in [1.165, 1.54) is 0 Å². The van der Waals surface area contributed by atoms with Crippen LogP contribution in [-0.2, 0) is 4.79 Å². The zero-order valence-electron chi connectivity index (χ0n) is 7.92. The zero-order valence-corrected chi connectivity index (χ0v) is 10.1. The van der Waals surface area contributed by atoms with Gasteiger partial charge in [-0.3, -0.25) is 4.79 Å². The minimum Gasteiger partial charge on any atom is -0.492 e. The Labute approximate surface area is 97.0 Å². The summed E-state index contributed by atoms with van der Waals surface area (Å²) in [6, 6.07) is 7.73. The summed E-state index contributed by atoms with van der Waals surface area (Å²) in [7, 11) is 1.62. The van der Waals surface area contributed by atoms with Gasteiger partial charge in [0, 0.05) is 7.05 Å². The highest BCUT2D eigenvalue weighted by Gasteiger charge is 2.01. The van der Waals surface area contributed by atoms with E-state index in [2.05, 4.69) is 27.9 Å². The van der Waals surface area contributed by atoms with Crippen LogP contribution in [0.1, 0.15) is 6.42 Å². The monoisotopic (exact) mass is 305 g/mol. The highest BCUT2D eigenvalue weighted by Crippen LogP contribution is 2.19. The van der Waals surface area contributed by atoms with Crippen LogP contribution in [0.15, 0.2) is 24.3 Å². The largest absolute Gasteiger partial charge is 0.492 e. The Balaban J connectivity index is 2.39. The molecule has 0 saturated heterocycles. The molecule has 0 fully saturated rings. The lowest BCUT2D eigenvalue weighted by atomic mass is 10.3. The smallest absolute Gasteiger partial charge is 0.223 e. The third kappa shape index (κ3) is 3.53. The molecular formula is C10H12INO2. The summed E-state index contributed by atoms with van der Waals surface area (Å²) in [6.07, 6.45) is 0.390. The predicted octanol–water partition coefficient (Wildman–Crippen LogP) is 1.81. The second-order valence-corrected chi connectivity index (χ2v) is 3.86. The van der Waals surface area contributed by atoms with Crippen molar-refractivity contribution in [2.75, 3.05) is 13.7 Å². The molecule has 1 aromatic rings. The van der Waals surface area contributed by atoms with E-state index < -0.39 is 0 Å². The van der Waals surface area contributed by atoms with Crippen molar-refractivity contribution in [3.05, 3.63) is 27.8 Å². The quantitative estimate of drug-likeness (QED) is 0.862. The van der Waals surface area contributed by atoms with Crippen molar-refractivity contribution < 1.29 is 9.53 Å². The maximum absolute atomic E-state index is 10.9. The molecule has 0 aliphatic carbocycles. The van der Waals surface area contributed by atoms with E-state index in [4.69, 9.17) is 4.74 Å². The highest BCUT2D eigenvalue weighted by atomic mass is 127. The highest BCUT2D eigenvalue weighted by molar-refractivity contribution is 14.1. The molecule has 0 aliphatic heterocycles. The van der Waals surface area contributed by atoms with Crippen LogP contribution >= 0.6 is 22.6 Å². The molecule has 0 aromatic heterocycles. The zero-order chi connectivity index (χ0) is 10.4. The molecule has 0 unspecified atom stereocenters. The summed E-state index contributed by atoms with van der Waals surface area (Å²) in [5.41, 5.74) is 0. The van der Waals surface area contributed by atoms with E-state index in [0.717, 1.165) is 9.32 Å². The number of halogens is 1. The van der Waals surface area contributed by atoms with Crippen LogP contribution in [0.4, 0.5) is 0 Å². The summed E-state index contributed by atoms with van der Waals surface area (Å²) < 4.78 is 6.50. The van der Waals surface area contributed by atoms with Crippen LogP contribution in [0.25, 0.3) is 0 Å². The molecule has 14 heavy (non-hydrogen) atoms. The number of carbonyl (C=O) groups is 1. The van der Waals surface area contributed by atoms with E-state index in [1.54, 1.807) is 7.05 Å². The van der Waals surface area contributed by atoms with E-state index in [-0.39, 0.29) is 5.91 Å². The molecule has 4 heteroatoms. The van der Waals surface area contributed by atoms with Gasteiger partial charge < -0.3 is 10.1 Å². The van der Waals surface area contributed by atoms with Gasteiger partial charge in [-0.25, -0.2) is 0 Å². The van der Waals surface area contributed by atoms with Crippen LogP contribution in [0.5, 0.6) is 5.75 Å². The fourth-order valence-corrected chi connectivity index (χ4v) is 1.48. The molecule has 1 N–H and O–H groups in total. The first-order valence-electron chi connectivity index (χ1n) is 4.32. The van der Waals surface area contributed by atoms with Gasteiger partial charge in [0.1, 0.15) is 5.75 Å². The molecule has 0 atom stereocenters. The lowest BCUT2D eigenvalue weighted by Crippen LogP contribution is -2.20. The molecule has 0 aliphatic rings. The number of rotatable bonds is 4. The maximum atomic E-state index is 10.9. The number of hydrogen-bond donors (Lipinski definition) is 1.